The molecule has 2 heterocycles. The summed E-state index contributed by atoms with van der Waals surface area (Å²) in [5.41, 5.74) is 3.82. The molecule has 1 atom stereocenters. The predicted molar refractivity (Wildman–Crippen MR) is 91.4 cm³/mol. The Balaban J connectivity index is 1.47. The Morgan fingerprint density at radius 3 is 2.79 bits per heavy atom. The first-order valence-electron chi connectivity index (χ1n) is 8.08. The number of carbonyl (C=O) groups excluding carboxylic acids is 2. The molecule has 2 amide bonds. The Labute approximate surface area is 140 Å². The third-order valence-electron chi connectivity index (χ3n) is 4.56. The van der Waals surface area contributed by atoms with Crippen LogP contribution in [0.1, 0.15) is 18.1 Å². The van der Waals surface area contributed by atoms with Crippen LogP contribution in [0.25, 0.3) is 0 Å². The minimum absolute atomic E-state index is 0.0441. The van der Waals surface area contributed by atoms with Gasteiger partial charge in [-0.05, 0) is 41.8 Å². The zero-order chi connectivity index (χ0) is 16.7. The van der Waals surface area contributed by atoms with E-state index in [0.717, 1.165) is 34.7 Å². The molecule has 0 radical (unpaired) electrons. The molecule has 2 aliphatic rings. The van der Waals surface area contributed by atoms with Gasteiger partial charge in [-0.1, -0.05) is 18.2 Å². The highest BCUT2D eigenvalue weighted by Gasteiger charge is 2.29. The van der Waals surface area contributed by atoms with Crippen LogP contribution in [0.15, 0.2) is 42.5 Å². The van der Waals surface area contributed by atoms with Crippen LogP contribution < -0.4 is 15.0 Å². The van der Waals surface area contributed by atoms with Crippen molar-refractivity contribution < 1.29 is 14.3 Å². The van der Waals surface area contributed by atoms with E-state index in [-0.39, 0.29) is 11.8 Å². The third kappa shape index (κ3) is 2.52. The molecule has 0 saturated carbocycles. The van der Waals surface area contributed by atoms with Gasteiger partial charge in [-0.3, -0.25) is 9.59 Å². The third-order valence-corrected chi connectivity index (χ3v) is 4.56. The van der Waals surface area contributed by atoms with Crippen LogP contribution in [-0.4, -0.2) is 24.5 Å². The summed E-state index contributed by atoms with van der Waals surface area (Å²) < 4.78 is 5.72. The van der Waals surface area contributed by atoms with Gasteiger partial charge in [-0.2, -0.15) is 0 Å². The lowest BCUT2D eigenvalue weighted by Crippen LogP contribution is -2.31. The van der Waals surface area contributed by atoms with E-state index < -0.39 is 6.10 Å². The molecule has 4 rings (SSSR count). The summed E-state index contributed by atoms with van der Waals surface area (Å²) >= 11 is 0. The summed E-state index contributed by atoms with van der Waals surface area (Å²) in [5.74, 6) is 0.680. The van der Waals surface area contributed by atoms with Crippen LogP contribution in [0, 0.1) is 0 Å². The smallest absolute Gasteiger partial charge is 0.265 e. The normalized spacial score (nSPS) is 17.9. The van der Waals surface area contributed by atoms with Crippen LogP contribution in [0.4, 0.5) is 11.4 Å². The van der Waals surface area contributed by atoms with Crippen molar-refractivity contribution in [3.63, 3.8) is 0 Å². The molecule has 0 unspecified atom stereocenters. The lowest BCUT2D eigenvalue weighted by molar-refractivity contribution is -0.122. The van der Waals surface area contributed by atoms with Crippen LogP contribution in [-0.2, 0) is 22.4 Å². The van der Waals surface area contributed by atoms with Crippen LogP contribution in [0.2, 0.25) is 0 Å². The molecule has 0 aliphatic carbocycles. The minimum Gasteiger partial charge on any atom is -0.480 e. The van der Waals surface area contributed by atoms with Gasteiger partial charge < -0.3 is 15.0 Å². The second kappa shape index (κ2) is 5.67. The molecule has 2 aromatic carbocycles. The van der Waals surface area contributed by atoms with Crippen molar-refractivity contribution in [3.8, 4) is 5.75 Å². The zero-order valence-corrected chi connectivity index (χ0v) is 13.4. The van der Waals surface area contributed by atoms with Gasteiger partial charge in [-0.15, -0.1) is 0 Å². The van der Waals surface area contributed by atoms with Gasteiger partial charge in [-0.25, -0.2) is 0 Å². The van der Waals surface area contributed by atoms with Crippen molar-refractivity contribution in [2.24, 2.45) is 0 Å². The Hall–Kier alpha value is -2.82. The predicted octanol–water partition coefficient (Wildman–Crippen LogP) is 2.54. The lowest BCUT2D eigenvalue weighted by atomic mass is 10.1. The fourth-order valence-electron chi connectivity index (χ4n) is 3.36. The second-order valence-corrected chi connectivity index (χ2v) is 6.17. The molecule has 2 aliphatic heterocycles. The number of ether oxygens (including phenoxy) is 1. The minimum atomic E-state index is -0.496. The average Bonchev–Trinajstić information content (AvgIpc) is 3.18. The number of rotatable bonds is 2. The van der Waals surface area contributed by atoms with E-state index in [2.05, 4.69) is 5.32 Å². The largest absolute Gasteiger partial charge is 0.480 e. The molecular weight excluding hydrogens is 304 g/mol. The molecule has 122 valence electrons. The molecule has 0 saturated heterocycles. The average molecular weight is 322 g/mol. The van der Waals surface area contributed by atoms with Crippen LogP contribution in [0.3, 0.4) is 0 Å². The molecule has 0 spiro atoms. The molecule has 0 fully saturated rings. The topological polar surface area (TPSA) is 58.6 Å². The summed E-state index contributed by atoms with van der Waals surface area (Å²) in [5, 5.41) is 2.93. The van der Waals surface area contributed by atoms with Crippen molar-refractivity contribution in [3.05, 3.63) is 53.6 Å². The number of amides is 2. The number of carbonyl (C=O) groups is 2. The second-order valence-electron chi connectivity index (χ2n) is 6.17. The first-order valence-corrected chi connectivity index (χ1v) is 8.08. The van der Waals surface area contributed by atoms with E-state index in [1.165, 1.54) is 0 Å². The zero-order valence-electron chi connectivity index (χ0n) is 13.4. The summed E-state index contributed by atoms with van der Waals surface area (Å²) in [7, 11) is 0. The molecule has 24 heavy (non-hydrogen) atoms. The van der Waals surface area contributed by atoms with Gasteiger partial charge >= 0.3 is 0 Å². The molecule has 0 bridgehead atoms. The standard InChI is InChI=1S/C19H18N2O3/c1-12(22)21-9-8-13-10-15(6-7-16(13)21)20-19(23)18-11-14-4-2-3-5-17(14)24-18/h2-7,10,18H,8-9,11H2,1H3,(H,20,23)/t18-/m1/s1. The number of para-hydroxylation sites is 1. The van der Waals surface area contributed by atoms with Gasteiger partial charge in [0, 0.05) is 31.3 Å². The van der Waals surface area contributed by atoms with Gasteiger partial charge in [0.05, 0.1) is 0 Å². The Morgan fingerprint density at radius 1 is 1.17 bits per heavy atom. The molecule has 5 nitrogen and oxygen atoms in total. The quantitative estimate of drug-likeness (QED) is 0.924. The van der Waals surface area contributed by atoms with E-state index in [0.29, 0.717) is 13.0 Å². The van der Waals surface area contributed by atoms with E-state index in [9.17, 15) is 9.59 Å². The highest BCUT2D eigenvalue weighted by atomic mass is 16.5. The Morgan fingerprint density at radius 2 is 2.00 bits per heavy atom. The summed E-state index contributed by atoms with van der Waals surface area (Å²) in [6.07, 6.45) is 0.902. The van der Waals surface area contributed by atoms with Crippen LogP contribution in [0.5, 0.6) is 5.75 Å². The molecule has 2 aromatic rings. The molecule has 1 N–H and O–H groups in total. The number of fused-ring (bicyclic) bond motifs is 2. The molecular formula is C19H18N2O3. The number of hydrogen-bond acceptors (Lipinski definition) is 3. The lowest BCUT2D eigenvalue weighted by Gasteiger charge is -2.15. The highest BCUT2D eigenvalue weighted by Crippen LogP contribution is 2.32. The van der Waals surface area contributed by atoms with Gasteiger partial charge in [0.25, 0.3) is 5.91 Å². The van der Waals surface area contributed by atoms with Gasteiger partial charge in [0.2, 0.25) is 5.91 Å². The van der Waals surface area contributed by atoms with Gasteiger partial charge in [0.1, 0.15) is 5.75 Å². The SMILES string of the molecule is CC(=O)N1CCc2cc(NC(=O)[C@H]3Cc4ccccc4O3)ccc21. The Bertz CT molecular complexity index is 806. The van der Waals surface area contributed by atoms with Crippen LogP contribution >= 0.6 is 0 Å². The van der Waals surface area contributed by atoms with E-state index in [4.69, 9.17) is 4.74 Å². The fraction of sp³-hybridized carbons (Fsp3) is 0.263. The van der Waals surface area contributed by atoms with Crippen molar-refractivity contribution in [1.29, 1.82) is 0 Å². The number of hydrogen-bond donors (Lipinski definition) is 1. The van der Waals surface area contributed by atoms with E-state index >= 15 is 0 Å². The monoisotopic (exact) mass is 322 g/mol. The van der Waals surface area contributed by atoms with Crippen molar-refractivity contribution in [2.45, 2.75) is 25.9 Å². The maximum Gasteiger partial charge on any atom is 0.265 e. The molecule has 0 aromatic heterocycles. The molecule has 5 heteroatoms. The summed E-state index contributed by atoms with van der Waals surface area (Å²) in [6.45, 7) is 2.27. The number of anilines is 2. The maximum absolute atomic E-state index is 12.5. The Kier molecular flexibility index (Phi) is 3.49. The number of benzene rings is 2. The van der Waals surface area contributed by atoms with Gasteiger partial charge in [0.15, 0.2) is 6.10 Å². The fourth-order valence-corrected chi connectivity index (χ4v) is 3.36. The summed E-state index contributed by atoms with van der Waals surface area (Å²) in [4.78, 5) is 25.8. The summed E-state index contributed by atoms with van der Waals surface area (Å²) in [6, 6.07) is 13.4. The first-order chi connectivity index (χ1) is 11.6. The van der Waals surface area contributed by atoms with Crippen molar-refractivity contribution >= 4 is 23.2 Å². The number of nitrogens with one attached hydrogen (secondary N) is 1. The van der Waals surface area contributed by atoms with Crippen molar-refractivity contribution in [2.75, 3.05) is 16.8 Å². The highest BCUT2D eigenvalue weighted by molar-refractivity contribution is 5.97. The first kappa shape index (κ1) is 14.8. The number of nitrogens with zero attached hydrogens (tertiary/aromatic N) is 1. The van der Waals surface area contributed by atoms with E-state index in [1.54, 1.807) is 11.8 Å². The maximum atomic E-state index is 12.5. The van der Waals surface area contributed by atoms with E-state index in [1.807, 2.05) is 42.5 Å². The van der Waals surface area contributed by atoms with Crippen molar-refractivity contribution in [1.82, 2.24) is 0 Å².